The molecule has 1 aromatic heterocycles. The van der Waals surface area contributed by atoms with Crippen LogP contribution in [0.1, 0.15) is 29.0 Å². The molecule has 1 unspecified atom stereocenters. The van der Waals surface area contributed by atoms with E-state index in [1.165, 1.54) is 17.2 Å². The first-order valence-electron chi connectivity index (χ1n) is 5.17. The second-order valence-electron chi connectivity index (χ2n) is 4.06. The van der Waals surface area contributed by atoms with Crippen molar-refractivity contribution in [3.8, 4) is 0 Å². The molecule has 1 aromatic rings. The Balaban J connectivity index is 2.58. The summed E-state index contributed by atoms with van der Waals surface area (Å²) in [5.41, 5.74) is 1.35. The number of aromatic nitrogens is 1. The van der Waals surface area contributed by atoms with Crippen LogP contribution >= 0.6 is 0 Å². The van der Waals surface area contributed by atoms with Crippen LogP contribution in [-0.2, 0) is 0 Å². The number of carboxylic acids is 1. The second-order valence-corrected chi connectivity index (χ2v) is 4.06. The zero-order chi connectivity index (χ0) is 12.7. The van der Waals surface area contributed by atoms with Gasteiger partial charge < -0.3 is 10.0 Å². The molecule has 6 nitrogen and oxygen atoms in total. The van der Waals surface area contributed by atoms with Crippen LogP contribution in [0.5, 0.6) is 0 Å². The highest BCUT2D eigenvalue weighted by Gasteiger charge is 2.32. The number of carbonyl (C=O) groups excluding carboxylic acids is 1. The van der Waals surface area contributed by atoms with Gasteiger partial charge in [-0.15, -0.1) is 0 Å². The van der Waals surface area contributed by atoms with Gasteiger partial charge in [0.1, 0.15) is 0 Å². The van der Waals surface area contributed by atoms with Crippen molar-refractivity contribution >= 4 is 17.7 Å². The molecule has 2 rings (SSSR count). The topological polar surface area (TPSA) is 73.7 Å². The number of amides is 2. The number of carboxylic acid groups (broad SMARTS) is 1. The number of carbonyl (C=O) groups is 2. The molecule has 2 heterocycles. The van der Waals surface area contributed by atoms with Gasteiger partial charge in [0.25, 0.3) is 0 Å². The maximum atomic E-state index is 11.9. The summed E-state index contributed by atoms with van der Waals surface area (Å²) >= 11 is 0. The highest BCUT2D eigenvalue weighted by Crippen LogP contribution is 2.33. The number of fused-ring (bicyclic) bond motifs is 1. The van der Waals surface area contributed by atoms with Crippen LogP contribution < -0.4 is 4.90 Å². The summed E-state index contributed by atoms with van der Waals surface area (Å²) in [5, 5.41) is 8.90. The van der Waals surface area contributed by atoms with Crippen molar-refractivity contribution in [2.75, 3.05) is 19.0 Å². The lowest BCUT2D eigenvalue weighted by Gasteiger charge is -2.36. The summed E-state index contributed by atoms with van der Waals surface area (Å²) in [7, 11) is 3.30. The lowest BCUT2D eigenvalue weighted by Crippen LogP contribution is -2.45. The molecule has 0 fully saturated rings. The third-order valence-electron chi connectivity index (χ3n) is 3.07. The molecule has 1 aliphatic rings. The predicted octanol–water partition coefficient (Wildman–Crippen LogP) is 1.34. The van der Waals surface area contributed by atoms with Crippen molar-refractivity contribution in [3.63, 3.8) is 0 Å². The minimum absolute atomic E-state index is 0.0835. The van der Waals surface area contributed by atoms with Gasteiger partial charge in [-0.25, -0.2) is 9.59 Å². The molecule has 17 heavy (non-hydrogen) atoms. The van der Waals surface area contributed by atoms with Crippen LogP contribution in [0.15, 0.2) is 12.3 Å². The minimum Gasteiger partial charge on any atom is -0.478 e. The van der Waals surface area contributed by atoms with Gasteiger partial charge in [-0.2, -0.15) is 0 Å². The van der Waals surface area contributed by atoms with E-state index in [-0.39, 0.29) is 17.6 Å². The molecule has 0 saturated carbocycles. The number of aromatic carboxylic acids is 1. The molecule has 0 saturated heterocycles. The van der Waals surface area contributed by atoms with Gasteiger partial charge in [-0.05, 0) is 13.0 Å². The fraction of sp³-hybridized carbons (Fsp3) is 0.364. The van der Waals surface area contributed by atoms with Gasteiger partial charge in [0.15, 0.2) is 0 Å². The maximum Gasteiger partial charge on any atom is 0.337 e. The van der Waals surface area contributed by atoms with Crippen LogP contribution in [0, 0.1) is 0 Å². The molecule has 0 aliphatic carbocycles. The summed E-state index contributed by atoms with van der Waals surface area (Å²) < 4.78 is 0. The molecule has 0 aromatic carbocycles. The Labute approximate surface area is 98.5 Å². The van der Waals surface area contributed by atoms with Crippen molar-refractivity contribution in [1.29, 1.82) is 0 Å². The van der Waals surface area contributed by atoms with E-state index < -0.39 is 5.97 Å². The van der Waals surface area contributed by atoms with Crippen LogP contribution in [0.3, 0.4) is 0 Å². The van der Waals surface area contributed by atoms with E-state index in [0.717, 1.165) is 0 Å². The third-order valence-corrected chi connectivity index (χ3v) is 3.07. The van der Waals surface area contributed by atoms with Crippen molar-refractivity contribution in [2.45, 2.75) is 13.0 Å². The molecular weight excluding hydrogens is 222 g/mol. The van der Waals surface area contributed by atoms with Crippen LogP contribution in [0.2, 0.25) is 0 Å². The van der Waals surface area contributed by atoms with Crippen LogP contribution in [-0.4, -0.2) is 41.1 Å². The van der Waals surface area contributed by atoms with E-state index in [0.29, 0.717) is 11.4 Å². The normalized spacial score (nSPS) is 19.2. The number of urea groups is 1. The van der Waals surface area contributed by atoms with E-state index in [9.17, 15) is 9.59 Å². The number of nitrogens with zero attached hydrogens (tertiary/aromatic N) is 3. The molecule has 6 heteroatoms. The fourth-order valence-corrected chi connectivity index (χ4v) is 1.86. The Morgan fingerprint density at radius 3 is 2.71 bits per heavy atom. The van der Waals surface area contributed by atoms with E-state index in [4.69, 9.17) is 5.11 Å². The molecular formula is C11H13N3O3. The number of anilines is 1. The van der Waals surface area contributed by atoms with E-state index in [1.807, 2.05) is 6.92 Å². The Hall–Kier alpha value is -2.11. The zero-order valence-corrected chi connectivity index (χ0v) is 9.84. The van der Waals surface area contributed by atoms with E-state index >= 15 is 0 Å². The standard InChI is InChI=1S/C11H13N3O3/c1-6-9-8(14(3)11(17)13(6)2)4-7(5-12-9)10(15)16/h4-6H,1-3H3,(H,15,16). The van der Waals surface area contributed by atoms with Crippen molar-refractivity contribution < 1.29 is 14.7 Å². The monoisotopic (exact) mass is 235 g/mol. The summed E-state index contributed by atoms with van der Waals surface area (Å²) in [6.07, 6.45) is 1.31. The maximum absolute atomic E-state index is 11.9. The molecule has 2 amide bonds. The van der Waals surface area contributed by atoms with Gasteiger partial charge in [0.05, 0.1) is 23.0 Å². The highest BCUT2D eigenvalue weighted by molar-refractivity contribution is 5.96. The van der Waals surface area contributed by atoms with Gasteiger partial charge >= 0.3 is 12.0 Å². The molecule has 90 valence electrons. The lowest BCUT2D eigenvalue weighted by molar-refractivity contribution is 0.0696. The Bertz CT molecular complexity index is 501. The Kier molecular flexibility index (Phi) is 2.49. The largest absolute Gasteiger partial charge is 0.478 e. The lowest BCUT2D eigenvalue weighted by atomic mass is 10.1. The van der Waals surface area contributed by atoms with E-state index in [2.05, 4.69) is 4.98 Å². The Morgan fingerprint density at radius 2 is 2.12 bits per heavy atom. The number of hydrogen-bond acceptors (Lipinski definition) is 3. The molecule has 0 radical (unpaired) electrons. The number of rotatable bonds is 1. The van der Waals surface area contributed by atoms with Crippen LogP contribution in [0.4, 0.5) is 10.5 Å². The summed E-state index contributed by atoms with van der Waals surface area (Å²) in [4.78, 5) is 29.8. The summed E-state index contributed by atoms with van der Waals surface area (Å²) in [6.45, 7) is 1.86. The predicted molar refractivity (Wildman–Crippen MR) is 61.2 cm³/mol. The van der Waals surface area contributed by atoms with Gasteiger partial charge in [-0.1, -0.05) is 0 Å². The molecule has 1 atom stereocenters. The summed E-state index contributed by atoms with van der Waals surface area (Å²) in [5.74, 6) is -1.05. The second kappa shape index (κ2) is 3.73. The zero-order valence-electron chi connectivity index (χ0n) is 9.84. The molecule has 1 N–H and O–H groups in total. The van der Waals surface area contributed by atoms with Crippen molar-refractivity contribution in [1.82, 2.24) is 9.88 Å². The van der Waals surface area contributed by atoms with Gasteiger partial charge in [0, 0.05) is 20.3 Å². The SMILES string of the molecule is CC1c2ncc(C(=O)O)cc2N(C)C(=O)N1C. The summed E-state index contributed by atoms with van der Waals surface area (Å²) in [6, 6.07) is 1.15. The first kappa shape index (κ1) is 11.4. The first-order chi connectivity index (χ1) is 7.93. The van der Waals surface area contributed by atoms with Gasteiger partial charge in [-0.3, -0.25) is 9.88 Å². The number of pyridine rings is 1. The third kappa shape index (κ3) is 1.61. The first-order valence-corrected chi connectivity index (χ1v) is 5.17. The molecule has 0 spiro atoms. The average molecular weight is 235 g/mol. The quantitative estimate of drug-likeness (QED) is 0.797. The van der Waals surface area contributed by atoms with Crippen LogP contribution in [0.25, 0.3) is 0 Å². The van der Waals surface area contributed by atoms with Crippen molar-refractivity contribution in [3.05, 3.63) is 23.5 Å². The smallest absolute Gasteiger partial charge is 0.337 e. The molecule has 0 bridgehead atoms. The fourth-order valence-electron chi connectivity index (χ4n) is 1.86. The van der Waals surface area contributed by atoms with E-state index in [1.54, 1.807) is 19.0 Å². The average Bonchev–Trinajstić information content (AvgIpc) is 2.32. The minimum atomic E-state index is -1.05. The Morgan fingerprint density at radius 1 is 1.47 bits per heavy atom. The molecule has 1 aliphatic heterocycles. The van der Waals surface area contributed by atoms with Gasteiger partial charge in [0.2, 0.25) is 0 Å². The number of hydrogen-bond donors (Lipinski definition) is 1. The highest BCUT2D eigenvalue weighted by atomic mass is 16.4. The van der Waals surface area contributed by atoms with Crippen molar-refractivity contribution in [2.24, 2.45) is 0 Å².